The molecular formula is C13H19N3OS. The first-order valence-corrected chi connectivity index (χ1v) is 7.23. The second kappa shape index (κ2) is 6.11. The van der Waals surface area contributed by atoms with Crippen molar-refractivity contribution in [1.29, 1.82) is 0 Å². The van der Waals surface area contributed by atoms with Gasteiger partial charge in [0.05, 0.1) is 28.2 Å². The molecule has 5 heteroatoms. The number of rotatable bonds is 6. The molecule has 0 aromatic carbocycles. The van der Waals surface area contributed by atoms with Crippen LogP contribution in [0.15, 0.2) is 24.0 Å². The first-order valence-electron chi connectivity index (χ1n) is 6.35. The minimum absolute atomic E-state index is 0.458. The Labute approximate surface area is 111 Å². The lowest BCUT2D eigenvalue weighted by molar-refractivity contribution is 0.180. The van der Waals surface area contributed by atoms with Crippen LogP contribution in [0.25, 0.3) is 0 Å². The van der Waals surface area contributed by atoms with E-state index in [9.17, 15) is 5.11 Å². The van der Waals surface area contributed by atoms with Gasteiger partial charge in [0.2, 0.25) is 0 Å². The summed E-state index contributed by atoms with van der Waals surface area (Å²) in [6, 6.07) is 2.45. The molecule has 2 heterocycles. The second-order valence-corrected chi connectivity index (χ2v) is 5.30. The number of aliphatic hydroxyl groups excluding tert-OH is 1. The highest BCUT2D eigenvalue weighted by Crippen LogP contribution is 2.21. The molecule has 0 spiro atoms. The summed E-state index contributed by atoms with van der Waals surface area (Å²) in [6.07, 6.45) is 5.93. The van der Waals surface area contributed by atoms with Crippen molar-refractivity contribution in [3.63, 3.8) is 0 Å². The van der Waals surface area contributed by atoms with E-state index in [0.29, 0.717) is 12.5 Å². The van der Waals surface area contributed by atoms with E-state index in [1.165, 1.54) is 11.3 Å². The molecule has 0 amide bonds. The Kier molecular flexibility index (Phi) is 4.49. The van der Waals surface area contributed by atoms with Gasteiger partial charge in [-0.15, -0.1) is 11.3 Å². The van der Waals surface area contributed by atoms with Gasteiger partial charge in [-0.1, -0.05) is 13.8 Å². The van der Waals surface area contributed by atoms with Gasteiger partial charge in [0.15, 0.2) is 0 Å². The highest BCUT2D eigenvalue weighted by atomic mass is 32.1. The maximum absolute atomic E-state index is 10.0. The Morgan fingerprint density at radius 1 is 1.39 bits per heavy atom. The van der Waals surface area contributed by atoms with Gasteiger partial charge in [0, 0.05) is 18.8 Å². The van der Waals surface area contributed by atoms with Crippen LogP contribution in [0.1, 0.15) is 49.4 Å². The summed E-state index contributed by atoms with van der Waals surface area (Å²) in [5.74, 6) is 0. The quantitative estimate of drug-likeness (QED) is 0.873. The molecular weight excluding hydrogens is 246 g/mol. The Morgan fingerprint density at radius 2 is 2.17 bits per heavy atom. The van der Waals surface area contributed by atoms with E-state index >= 15 is 0 Å². The fourth-order valence-electron chi connectivity index (χ4n) is 2.04. The smallest absolute Gasteiger partial charge is 0.0953 e. The minimum Gasteiger partial charge on any atom is -0.387 e. The van der Waals surface area contributed by atoms with Crippen LogP contribution in [0.4, 0.5) is 0 Å². The van der Waals surface area contributed by atoms with Crippen molar-refractivity contribution in [3.05, 3.63) is 34.5 Å². The highest BCUT2D eigenvalue weighted by molar-refractivity contribution is 7.09. The van der Waals surface area contributed by atoms with Crippen LogP contribution in [-0.2, 0) is 6.42 Å². The molecule has 0 saturated carbocycles. The Morgan fingerprint density at radius 3 is 2.78 bits per heavy atom. The van der Waals surface area contributed by atoms with E-state index in [1.54, 1.807) is 11.7 Å². The topological polar surface area (TPSA) is 50.9 Å². The zero-order chi connectivity index (χ0) is 13.0. The molecule has 0 saturated heterocycles. The summed E-state index contributed by atoms with van der Waals surface area (Å²) in [6.45, 7) is 4.34. The van der Waals surface area contributed by atoms with E-state index in [2.05, 4.69) is 23.9 Å². The second-order valence-electron chi connectivity index (χ2n) is 4.38. The largest absolute Gasteiger partial charge is 0.387 e. The molecule has 4 nitrogen and oxygen atoms in total. The first-order chi connectivity index (χ1) is 8.74. The SMILES string of the molecule is CCC(CC)n1ccc(CC(O)c2cncs2)n1. The standard InChI is InChI=1S/C13H19N3OS/c1-3-11(4-2)16-6-5-10(15-16)7-12(17)13-8-14-9-18-13/h5-6,8-9,11-12,17H,3-4,7H2,1-2H3. The summed E-state index contributed by atoms with van der Waals surface area (Å²) in [4.78, 5) is 4.87. The monoisotopic (exact) mass is 265 g/mol. The summed E-state index contributed by atoms with van der Waals surface area (Å²) >= 11 is 1.48. The number of nitrogens with zero attached hydrogens (tertiary/aromatic N) is 3. The van der Waals surface area contributed by atoms with Crippen LogP contribution in [-0.4, -0.2) is 19.9 Å². The van der Waals surface area contributed by atoms with Gasteiger partial charge in [0.25, 0.3) is 0 Å². The van der Waals surface area contributed by atoms with Crippen LogP contribution in [0.5, 0.6) is 0 Å². The Hall–Kier alpha value is -1.20. The van der Waals surface area contributed by atoms with Crippen LogP contribution >= 0.6 is 11.3 Å². The Bertz CT molecular complexity index is 462. The van der Waals surface area contributed by atoms with E-state index in [-0.39, 0.29) is 0 Å². The van der Waals surface area contributed by atoms with E-state index < -0.39 is 6.10 Å². The van der Waals surface area contributed by atoms with Crippen LogP contribution in [0.3, 0.4) is 0 Å². The summed E-state index contributed by atoms with van der Waals surface area (Å²) in [5, 5.41) is 14.6. The number of hydrogen-bond donors (Lipinski definition) is 1. The predicted octanol–water partition coefficient (Wildman–Crippen LogP) is 2.98. The minimum atomic E-state index is -0.498. The van der Waals surface area contributed by atoms with Crippen molar-refractivity contribution in [1.82, 2.24) is 14.8 Å². The molecule has 18 heavy (non-hydrogen) atoms. The third-order valence-electron chi connectivity index (χ3n) is 3.16. The van der Waals surface area contributed by atoms with Crippen LogP contribution in [0.2, 0.25) is 0 Å². The molecule has 1 atom stereocenters. The van der Waals surface area contributed by atoms with Crippen molar-refractivity contribution in [3.8, 4) is 0 Å². The van der Waals surface area contributed by atoms with Gasteiger partial charge in [-0.05, 0) is 18.9 Å². The molecule has 1 N–H and O–H groups in total. The Balaban J connectivity index is 2.02. The van der Waals surface area contributed by atoms with Gasteiger partial charge in [-0.25, -0.2) is 0 Å². The summed E-state index contributed by atoms with van der Waals surface area (Å²) < 4.78 is 2.01. The number of hydrogen-bond acceptors (Lipinski definition) is 4. The van der Waals surface area contributed by atoms with Crippen molar-refractivity contribution in [2.75, 3.05) is 0 Å². The lowest BCUT2D eigenvalue weighted by Gasteiger charge is -2.12. The first kappa shape index (κ1) is 13.2. The van der Waals surface area contributed by atoms with Gasteiger partial charge in [0.1, 0.15) is 0 Å². The fraction of sp³-hybridized carbons (Fsp3) is 0.538. The van der Waals surface area contributed by atoms with E-state index in [0.717, 1.165) is 23.4 Å². The van der Waals surface area contributed by atoms with Crippen molar-refractivity contribution in [2.24, 2.45) is 0 Å². The maximum atomic E-state index is 10.0. The molecule has 0 aliphatic rings. The van der Waals surface area contributed by atoms with E-state index in [4.69, 9.17) is 0 Å². The molecule has 0 aliphatic carbocycles. The lowest BCUT2D eigenvalue weighted by Crippen LogP contribution is -2.08. The molecule has 0 fully saturated rings. The third-order valence-corrected chi connectivity index (χ3v) is 4.04. The zero-order valence-electron chi connectivity index (χ0n) is 10.8. The van der Waals surface area contributed by atoms with Crippen molar-refractivity contribution >= 4 is 11.3 Å². The van der Waals surface area contributed by atoms with Gasteiger partial charge in [-0.3, -0.25) is 9.67 Å². The molecule has 0 aliphatic heterocycles. The van der Waals surface area contributed by atoms with E-state index in [1.807, 2.05) is 16.9 Å². The van der Waals surface area contributed by atoms with Crippen LogP contribution in [0, 0.1) is 0 Å². The van der Waals surface area contributed by atoms with Gasteiger partial charge < -0.3 is 5.11 Å². The third kappa shape index (κ3) is 2.97. The van der Waals surface area contributed by atoms with Gasteiger partial charge in [-0.2, -0.15) is 5.10 Å². The fourth-order valence-corrected chi connectivity index (χ4v) is 2.65. The molecule has 98 valence electrons. The normalized spacial score (nSPS) is 13.1. The lowest BCUT2D eigenvalue weighted by atomic mass is 10.2. The molecule has 0 radical (unpaired) electrons. The average Bonchev–Trinajstić information content (AvgIpc) is 3.01. The van der Waals surface area contributed by atoms with Crippen LogP contribution < -0.4 is 0 Å². The predicted molar refractivity (Wildman–Crippen MR) is 72.6 cm³/mol. The number of thiazole rings is 1. The molecule has 2 aromatic rings. The van der Waals surface area contributed by atoms with Crippen molar-refractivity contribution in [2.45, 2.75) is 45.3 Å². The summed E-state index contributed by atoms with van der Waals surface area (Å²) in [7, 11) is 0. The average molecular weight is 265 g/mol. The van der Waals surface area contributed by atoms with Crippen molar-refractivity contribution < 1.29 is 5.11 Å². The molecule has 2 aromatic heterocycles. The summed E-state index contributed by atoms with van der Waals surface area (Å²) in [5.41, 5.74) is 2.67. The zero-order valence-corrected chi connectivity index (χ0v) is 11.6. The molecule has 0 bridgehead atoms. The van der Waals surface area contributed by atoms with Gasteiger partial charge >= 0.3 is 0 Å². The number of aliphatic hydroxyl groups is 1. The molecule has 2 rings (SSSR count). The number of aromatic nitrogens is 3. The molecule has 1 unspecified atom stereocenters. The maximum Gasteiger partial charge on any atom is 0.0953 e. The highest BCUT2D eigenvalue weighted by Gasteiger charge is 2.13.